The van der Waals surface area contributed by atoms with Crippen LogP contribution in [0.15, 0.2) is 0 Å². The van der Waals surface area contributed by atoms with Crippen molar-refractivity contribution in [2.75, 3.05) is 6.54 Å². The van der Waals surface area contributed by atoms with E-state index in [0.717, 1.165) is 12.8 Å². The zero-order chi connectivity index (χ0) is 14.2. The van der Waals surface area contributed by atoms with Crippen molar-refractivity contribution in [3.63, 3.8) is 0 Å². The van der Waals surface area contributed by atoms with Crippen LogP contribution in [-0.2, 0) is 9.59 Å². The van der Waals surface area contributed by atoms with Gasteiger partial charge in [0.2, 0.25) is 11.8 Å². The van der Waals surface area contributed by atoms with Crippen LogP contribution >= 0.6 is 0 Å². The van der Waals surface area contributed by atoms with Crippen LogP contribution in [0.4, 0.5) is 0 Å². The summed E-state index contributed by atoms with van der Waals surface area (Å²) in [6.45, 7) is 10.9. The molecule has 18 heavy (non-hydrogen) atoms. The van der Waals surface area contributed by atoms with Gasteiger partial charge < -0.3 is 10.6 Å². The molecule has 1 unspecified atom stereocenters. The quantitative estimate of drug-likeness (QED) is 0.734. The molecule has 1 atom stereocenters. The molecule has 2 amide bonds. The Kier molecular flexibility index (Phi) is 7.64. The number of carbonyl (C=O) groups is 2. The lowest BCUT2D eigenvalue weighted by Crippen LogP contribution is -2.46. The fourth-order valence-corrected chi connectivity index (χ4v) is 1.48. The summed E-state index contributed by atoms with van der Waals surface area (Å²) in [6, 6.07) is -0.399. The Hall–Kier alpha value is -1.06. The van der Waals surface area contributed by atoms with Gasteiger partial charge in [-0.3, -0.25) is 9.59 Å². The van der Waals surface area contributed by atoms with Gasteiger partial charge in [0.25, 0.3) is 0 Å². The van der Waals surface area contributed by atoms with E-state index < -0.39 is 6.04 Å². The molecular weight excluding hydrogens is 228 g/mol. The number of nitrogens with one attached hydrogen (secondary N) is 2. The predicted octanol–water partition coefficient (Wildman–Crippen LogP) is 2.23. The first-order chi connectivity index (χ1) is 8.30. The van der Waals surface area contributed by atoms with E-state index in [4.69, 9.17) is 0 Å². The summed E-state index contributed by atoms with van der Waals surface area (Å²) in [4.78, 5) is 23.5. The van der Waals surface area contributed by atoms with Crippen LogP contribution in [0.2, 0.25) is 0 Å². The van der Waals surface area contributed by atoms with Crippen LogP contribution in [0.1, 0.15) is 60.3 Å². The molecule has 0 radical (unpaired) electrons. The molecule has 0 rings (SSSR count). The molecule has 0 bridgehead atoms. The lowest BCUT2D eigenvalue weighted by atomic mass is 9.90. The Balaban J connectivity index is 4.11. The van der Waals surface area contributed by atoms with E-state index in [1.165, 1.54) is 0 Å². The van der Waals surface area contributed by atoms with Gasteiger partial charge in [-0.2, -0.15) is 0 Å². The van der Waals surface area contributed by atoms with Gasteiger partial charge in [-0.15, -0.1) is 0 Å². The molecule has 0 saturated heterocycles. The van der Waals surface area contributed by atoms with E-state index >= 15 is 0 Å². The second-order valence-corrected chi connectivity index (χ2v) is 5.88. The van der Waals surface area contributed by atoms with Crippen LogP contribution in [0, 0.1) is 5.41 Å². The van der Waals surface area contributed by atoms with Gasteiger partial charge >= 0.3 is 0 Å². The Labute approximate surface area is 111 Å². The normalized spacial score (nSPS) is 12.9. The van der Waals surface area contributed by atoms with Crippen molar-refractivity contribution in [1.29, 1.82) is 0 Å². The zero-order valence-electron chi connectivity index (χ0n) is 12.4. The Bertz CT molecular complexity index is 269. The summed E-state index contributed by atoms with van der Waals surface area (Å²) < 4.78 is 0. The Morgan fingerprint density at radius 2 is 1.78 bits per heavy atom. The maximum Gasteiger partial charge on any atom is 0.242 e. The van der Waals surface area contributed by atoms with Crippen LogP contribution < -0.4 is 10.6 Å². The second kappa shape index (κ2) is 8.11. The second-order valence-electron chi connectivity index (χ2n) is 5.88. The lowest BCUT2D eigenvalue weighted by molar-refractivity contribution is -0.129. The lowest BCUT2D eigenvalue weighted by Gasteiger charge is -2.20. The maximum absolute atomic E-state index is 11.7. The highest BCUT2D eigenvalue weighted by atomic mass is 16.2. The standard InChI is InChI=1S/C14H28N2O2/c1-6-10-15-13(18)11(7-2)16-12(17)8-9-14(3,4)5/h11H,6-10H2,1-5H3,(H,15,18)(H,16,17). The molecule has 0 aromatic rings. The molecule has 0 aliphatic rings. The first-order valence-corrected chi connectivity index (χ1v) is 6.87. The number of rotatable bonds is 7. The van der Waals surface area contributed by atoms with E-state index in [9.17, 15) is 9.59 Å². The molecule has 4 heteroatoms. The van der Waals surface area contributed by atoms with E-state index in [1.54, 1.807) is 0 Å². The first kappa shape index (κ1) is 16.9. The van der Waals surface area contributed by atoms with E-state index in [2.05, 4.69) is 31.4 Å². The largest absolute Gasteiger partial charge is 0.354 e. The van der Waals surface area contributed by atoms with Crippen molar-refractivity contribution in [1.82, 2.24) is 10.6 Å². The van der Waals surface area contributed by atoms with Crippen LogP contribution in [0.25, 0.3) is 0 Å². The number of amides is 2. The van der Waals surface area contributed by atoms with Crippen LogP contribution in [-0.4, -0.2) is 24.4 Å². The zero-order valence-corrected chi connectivity index (χ0v) is 12.4. The monoisotopic (exact) mass is 256 g/mol. The highest BCUT2D eigenvalue weighted by Gasteiger charge is 2.19. The fraction of sp³-hybridized carbons (Fsp3) is 0.857. The highest BCUT2D eigenvalue weighted by Crippen LogP contribution is 2.20. The minimum Gasteiger partial charge on any atom is -0.354 e. The summed E-state index contributed by atoms with van der Waals surface area (Å²) in [5.74, 6) is -0.119. The smallest absolute Gasteiger partial charge is 0.242 e. The average Bonchev–Trinajstić information content (AvgIpc) is 2.29. The van der Waals surface area contributed by atoms with E-state index in [1.807, 2.05) is 13.8 Å². The predicted molar refractivity (Wildman–Crippen MR) is 74.2 cm³/mol. The van der Waals surface area contributed by atoms with Gasteiger partial charge in [0.15, 0.2) is 0 Å². The number of hydrogen-bond acceptors (Lipinski definition) is 2. The van der Waals surface area contributed by atoms with Gasteiger partial charge in [0, 0.05) is 13.0 Å². The average molecular weight is 256 g/mol. The van der Waals surface area contributed by atoms with Gasteiger partial charge in [-0.05, 0) is 24.7 Å². The van der Waals surface area contributed by atoms with Gasteiger partial charge in [0.1, 0.15) is 6.04 Å². The van der Waals surface area contributed by atoms with Gasteiger partial charge in [0.05, 0.1) is 0 Å². The van der Waals surface area contributed by atoms with Crippen LogP contribution in [0.3, 0.4) is 0 Å². The molecule has 2 N–H and O–H groups in total. The Morgan fingerprint density at radius 1 is 1.17 bits per heavy atom. The van der Waals surface area contributed by atoms with Crippen molar-refractivity contribution in [3.8, 4) is 0 Å². The molecule has 0 fully saturated rings. The van der Waals surface area contributed by atoms with Crippen molar-refractivity contribution in [3.05, 3.63) is 0 Å². The molecule has 4 nitrogen and oxygen atoms in total. The third kappa shape index (κ3) is 8.09. The van der Waals surface area contributed by atoms with E-state index in [-0.39, 0.29) is 17.2 Å². The third-order valence-electron chi connectivity index (χ3n) is 2.71. The molecule has 0 aromatic heterocycles. The fourth-order valence-electron chi connectivity index (χ4n) is 1.48. The molecule has 0 aliphatic heterocycles. The van der Waals surface area contributed by atoms with Crippen molar-refractivity contribution in [2.24, 2.45) is 5.41 Å². The van der Waals surface area contributed by atoms with Gasteiger partial charge in [-0.1, -0.05) is 34.6 Å². The molecule has 0 aromatic carbocycles. The topological polar surface area (TPSA) is 58.2 Å². The summed E-state index contributed by atoms with van der Waals surface area (Å²) in [6.07, 6.45) is 2.82. The van der Waals surface area contributed by atoms with E-state index in [0.29, 0.717) is 19.4 Å². The summed E-state index contributed by atoms with van der Waals surface area (Å²) in [5, 5.41) is 5.60. The maximum atomic E-state index is 11.7. The summed E-state index contributed by atoms with van der Waals surface area (Å²) >= 11 is 0. The minimum atomic E-state index is -0.399. The van der Waals surface area contributed by atoms with Gasteiger partial charge in [-0.25, -0.2) is 0 Å². The van der Waals surface area contributed by atoms with Crippen molar-refractivity contribution in [2.45, 2.75) is 66.3 Å². The highest BCUT2D eigenvalue weighted by molar-refractivity contribution is 5.87. The molecular formula is C14H28N2O2. The van der Waals surface area contributed by atoms with Crippen LogP contribution in [0.5, 0.6) is 0 Å². The molecule has 0 saturated carbocycles. The SMILES string of the molecule is CCCNC(=O)C(CC)NC(=O)CCC(C)(C)C. The first-order valence-electron chi connectivity index (χ1n) is 6.87. The van der Waals surface area contributed by atoms with Crippen molar-refractivity contribution >= 4 is 11.8 Å². The molecule has 0 spiro atoms. The minimum absolute atomic E-state index is 0.0385. The van der Waals surface area contributed by atoms with Crippen molar-refractivity contribution < 1.29 is 9.59 Å². The third-order valence-corrected chi connectivity index (χ3v) is 2.71. The molecule has 0 aliphatic carbocycles. The summed E-state index contributed by atoms with van der Waals surface area (Å²) in [5.41, 5.74) is 0.142. The Morgan fingerprint density at radius 3 is 2.22 bits per heavy atom. The number of hydrogen-bond donors (Lipinski definition) is 2. The number of carbonyl (C=O) groups excluding carboxylic acids is 2. The molecule has 0 heterocycles. The summed E-state index contributed by atoms with van der Waals surface area (Å²) in [7, 11) is 0. The molecule has 106 valence electrons.